The predicted octanol–water partition coefficient (Wildman–Crippen LogP) is 6.10. The molecule has 10 nitrogen and oxygen atoms in total. The van der Waals surface area contributed by atoms with Crippen molar-refractivity contribution in [3.63, 3.8) is 0 Å². The average molecular weight is 663 g/mol. The molecule has 2 atom stereocenters. The van der Waals surface area contributed by atoms with Crippen molar-refractivity contribution in [2.24, 2.45) is 0 Å². The van der Waals surface area contributed by atoms with Crippen LogP contribution in [0.3, 0.4) is 0 Å². The molecule has 0 fully saturated rings. The fourth-order valence-electron chi connectivity index (χ4n) is 8.05. The third-order valence-electron chi connectivity index (χ3n) is 9.90. The molecule has 248 valence electrons. The molecular formula is C38H31FN2O8. The minimum atomic E-state index is -1.62. The Labute approximate surface area is 281 Å². The van der Waals surface area contributed by atoms with E-state index >= 15 is 0 Å². The number of hydrogen-bond acceptors (Lipinski definition) is 9. The summed E-state index contributed by atoms with van der Waals surface area (Å²) in [6, 6.07) is 21.6. The highest BCUT2D eigenvalue weighted by atomic mass is 19.1. The zero-order valence-corrected chi connectivity index (χ0v) is 27.1. The van der Waals surface area contributed by atoms with Crippen LogP contribution in [0.1, 0.15) is 27.8 Å². The van der Waals surface area contributed by atoms with E-state index in [4.69, 9.17) is 18.9 Å². The van der Waals surface area contributed by atoms with Crippen LogP contribution in [0, 0.1) is 15.9 Å². The van der Waals surface area contributed by atoms with Crippen LogP contribution in [0.15, 0.2) is 96.2 Å². The molecule has 4 aromatic rings. The predicted molar refractivity (Wildman–Crippen MR) is 177 cm³/mol. The summed E-state index contributed by atoms with van der Waals surface area (Å²) in [6.45, 7) is 0.231. The van der Waals surface area contributed by atoms with Crippen molar-refractivity contribution < 1.29 is 37.9 Å². The topological polar surface area (TPSA) is 117 Å². The zero-order valence-electron chi connectivity index (χ0n) is 27.1. The molecule has 0 aromatic heterocycles. The number of benzene rings is 4. The Morgan fingerprint density at radius 3 is 2.18 bits per heavy atom. The van der Waals surface area contributed by atoms with E-state index in [1.165, 1.54) is 52.7 Å². The lowest BCUT2D eigenvalue weighted by molar-refractivity contribution is -0.384. The molecule has 0 bridgehead atoms. The smallest absolute Gasteiger partial charge is 0.354 e. The fourth-order valence-corrected chi connectivity index (χ4v) is 8.05. The molecule has 4 aromatic carbocycles. The molecule has 0 saturated heterocycles. The van der Waals surface area contributed by atoms with Gasteiger partial charge in [0.05, 0.1) is 44.4 Å². The van der Waals surface area contributed by atoms with Crippen molar-refractivity contribution in [2.45, 2.75) is 17.4 Å². The first-order valence-electron chi connectivity index (χ1n) is 15.5. The molecule has 11 heteroatoms. The summed E-state index contributed by atoms with van der Waals surface area (Å²) in [5, 5.41) is 12.4. The van der Waals surface area contributed by atoms with Gasteiger partial charge in [0.25, 0.3) is 5.69 Å². The first-order chi connectivity index (χ1) is 23.7. The van der Waals surface area contributed by atoms with Gasteiger partial charge in [0.1, 0.15) is 17.1 Å². The van der Waals surface area contributed by atoms with Gasteiger partial charge in [-0.05, 0) is 75.7 Å². The van der Waals surface area contributed by atoms with Gasteiger partial charge in [-0.25, -0.2) is 14.0 Å². The van der Waals surface area contributed by atoms with E-state index in [1.54, 1.807) is 24.3 Å². The Hall–Kier alpha value is -5.97. The Kier molecular flexibility index (Phi) is 7.50. The van der Waals surface area contributed by atoms with Gasteiger partial charge in [-0.1, -0.05) is 48.6 Å². The number of ether oxygens (including phenoxy) is 4. The lowest BCUT2D eigenvalue weighted by Gasteiger charge is -2.53. The SMILES string of the molecule is COC(=O)C1=C(C(=O)OC)[C@@]2(c3ccccc3-c3ccc([N+](=O)[O-])cc32)[C@]2(/C=C/c3ccc(F)cc3)c3cc(OC)c(OC)cc3CCN12. The van der Waals surface area contributed by atoms with Crippen molar-refractivity contribution in [3.05, 3.63) is 140 Å². The number of carbonyl (C=O) groups is 2. The number of rotatable bonds is 7. The lowest BCUT2D eigenvalue weighted by Crippen LogP contribution is -2.57. The quantitative estimate of drug-likeness (QED) is 0.132. The minimum absolute atomic E-state index is 0.0278. The Morgan fingerprint density at radius 2 is 1.51 bits per heavy atom. The fraction of sp³-hybridized carbons (Fsp3) is 0.211. The largest absolute Gasteiger partial charge is 0.493 e. The van der Waals surface area contributed by atoms with Crippen molar-refractivity contribution in [1.29, 1.82) is 0 Å². The van der Waals surface area contributed by atoms with E-state index in [0.29, 0.717) is 45.7 Å². The summed E-state index contributed by atoms with van der Waals surface area (Å²) >= 11 is 0. The highest BCUT2D eigenvalue weighted by Crippen LogP contribution is 2.69. The molecule has 0 N–H and O–H groups in total. The number of fused-ring (bicyclic) bond motifs is 9. The van der Waals surface area contributed by atoms with Crippen LogP contribution in [0.2, 0.25) is 0 Å². The molecule has 2 aliphatic heterocycles. The lowest BCUT2D eigenvalue weighted by atomic mass is 9.56. The molecule has 7 rings (SSSR count). The highest BCUT2D eigenvalue weighted by molar-refractivity contribution is 6.08. The zero-order chi connectivity index (χ0) is 34.7. The van der Waals surface area contributed by atoms with E-state index in [1.807, 2.05) is 47.4 Å². The van der Waals surface area contributed by atoms with Gasteiger partial charge in [0.15, 0.2) is 11.5 Å². The summed E-state index contributed by atoms with van der Waals surface area (Å²) in [4.78, 5) is 42.2. The van der Waals surface area contributed by atoms with E-state index in [9.17, 15) is 24.1 Å². The number of methoxy groups -OCH3 is 4. The van der Waals surface area contributed by atoms with Gasteiger partial charge in [0.2, 0.25) is 0 Å². The van der Waals surface area contributed by atoms with Crippen LogP contribution in [0.5, 0.6) is 11.5 Å². The van der Waals surface area contributed by atoms with Crippen LogP contribution < -0.4 is 9.47 Å². The summed E-state index contributed by atoms with van der Waals surface area (Å²) < 4.78 is 36.4. The maximum atomic E-state index is 14.4. The van der Waals surface area contributed by atoms with Crippen LogP contribution in [0.4, 0.5) is 10.1 Å². The van der Waals surface area contributed by atoms with Crippen molar-refractivity contribution >= 4 is 23.7 Å². The molecule has 0 radical (unpaired) electrons. The van der Waals surface area contributed by atoms with Crippen molar-refractivity contribution in [2.75, 3.05) is 35.0 Å². The summed E-state index contributed by atoms with van der Waals surface area (Å²) in [6.07, 6.45) is 4.11. The monoisotopic (exact) mass is 662 g/mol. The molecule has 0 saturated carbocycles. The Bertz CT molecular complexity index is 2120. The maximum absolute atomic E-state index is 14.4. The number of esters is 2. The van der Waals surface area contributed by atoms with E-state index in [2.05, 4.69) is 0 Å². The molecule has 0 unspecified atom stereocenters. The number of hydrogen-bond donors (Lipinski definition) is 0. The van der Waals surface area contributed by atoms with E-state index < -0.39 is 33.6 Å². The number of non-ortho nitro benzene ring substituents is 1. The van der Waals surface area contributed by atoms with Gasteiger partial charge in [0, 0.05) is 18.7 Å². The highest BCUT2D eigenvalue weighted by Gasteiger charge is 2.71. The number of carbonyl (C=O) groups excluding carboxylic acids is 2. The number of nitro groups is 1. The molecule has 49 heavy (non-hydrogen) atoms. The molecule has 1 aliphatic carbocycles. The third-order valence-corrected chi connectivity index (χ3v) is 9.90. The van der Waals surface area contributed by atoms with Gasteiger partial charge in [-0.3, -0.25) is 10.1 Å². The van der Waals surface area contributed by atoms with Gasteiger partial charge < -0.3 is 23.8 Å². The molecule has 3 aliphatic rings. The number of nitrogens with zero attached hydrogens (tertiary/aromatic N) is 2. The number of halogens is 1. The number of nitro benzene ring substituents is 1. The van der Waals surface area contributed by atoms with Gasteiger partial charge >= 0.3 is 11.9 Å². The van der Waals surface area contributed by atoms with E-state index in [-0.39, 0.29) is 23.5 Å². The second-order valence-electron chi connectivity index (χ2n) is 11.9. The van der Waals surface area contributed by atoms with Crippen LogP contribution >= 0.6 is 0 Å². The van der Waals surface area contributed by atoms with Crippen LogP contribution in [0.25, 0.3) is 17.2 Å². The summed E-state index contributed by atoms with van der Waals surface area (Å²) in [5.41, 5.74) is 1.20. The van der Waals surface area contributed by atoms with Crippen LogP contribution in [-0.4, -0.2) is 56.7 Å². The second-order valence-corrected chi connectivity index (χ2v) is 11.9. The standard InChI is InChI=1S/C38H31FN2O8/c1-46-31-19-23-16-18-40-34(36(43)49-4)33(35(42)48-3)38(28-8-6-5-7-26(28)27-14-13-25(41(44)45)20-30(27)38)37(40,29(23)21-32(31)47-2)17-15-22-9-11-24(39)12-10-22/h5-15,17,19-21H,16,18H2,1-4H3/b17-15+/t37-,38-/m0/s1. The first-order valence-corrected chi connectivity index (χ1v) is 15.5. The first kappa shape index (κ1) is 31.6. The molecule has 0 amide bonds. The Balaban J connectivity index is 1.74. The van der Waals surface area contributed by atoms with E-state index in [0.717, 1.165) is 11.1 Å². The normalized spacial score (nSPS) is 20.1. The second kappa shape index (κ2) is 11.6. The maximum Gasteiger partial charge on any atom is 0.354 e. The minimum Gasteiger partial charge on any atom is -0.493 e. The molecular weight excluding hydrogens is 631 g/mol. The third kappa shape index (κ3) is 4.24. The van der Waals surface area contributed by atoms with Gasteiger partial charge in [-0.2, -0.15) is 0 Å². The summed E-state index contributed by atoms with van der Waals surface area (Å²) in [5.74, 6) is -1.12. The van der Waals surface area contributed by atoms with Crippen molar-refractivity contribution in [3.8, 4) is 22.6 Å². The summed E-state index contributed by atoms with van der Waals surface area (Å²) in [7, 11) is 5.51. The molecule has 1 spiro atoms. The average Bonchev–Trinajstić information content (AvgIpc) is 3.58. The van der Waals surface area contributed by atoms with Gasteiger partial charge in [-0.15, -0.1) is 0 Å². The Morgan fingerprint density at radius 1 is 0.837 bits per heavy atom. The van der Waals surface area contributed by atoms with Crippen LogP contribution in [-0.2, 0) is 36.4 Å². The van der Waals surface area contributed by atoms with Crippen molar-refractivity contribution in [1.82, 2.24) is 4.90 Å². The molecule has 2 heterocycles.